The Bertz CT molecular complexity index is 405. The predicted molar refractivity (Wildman–Crippen MR) is 53.3 cm³/mol. The van der Waals surface area contributed by atoms with Crippen molar-refractivity contribution in [3.05, 3.63) is 36.3 Å². The Morgan fingerprint density at radius 3 is 2.69 bits per heavy atom. The van der Waals surface area contributed by atoms with Gasteiger partial charge in [-0.25, -0.2) is 9.67 Å². The van der Waals surface area contributed by atoms with E-state index in [4.69, 9.17) is 0 Å². The zero-order valence-corrected chi connectivity index (χ0v) is 8.07. The Morgan fingerprint density at radius 2 is 2.15 bits per heavy atom. The second kappa shape index (κ2) is 3.22. The molecule has 0 spiro atoms. The summed E-state index contributed by atoms with van der Waals surface area (Å²) in [6.45, 7) is 1.95. The molecule has 4 heteroatoms. The fourth-order valence-corrected chi connectivity index (χ4v) is 1.19. The van der Waals surface area contributed by atoms with Gasteiger partial charge in [-0.2, -0.15) is 5.10 Å². The number of pyridine rings is 1. The summed E-state index contributed by atoms with van der Waals surface area (Å²) in [7, 11) is 0. The number of hydrogen-bond acceptors (Lipinski definition) is 3. The number of aryl methyl sites for hydroxylation is 1. The summed E-state index contributed by atoms with van der Waals surface area (Å²) in [5, 5.41) is 4.24. The van der Waals surface area contributed by atoms with Crippen molar-refractivity contribution in [1.82, 2.24) is 14.8 Å². The molecule has 0 aromatic carbocycles. The molecule has 0 unspecified atom stereocenters. The van der Waals surface area contributed by atoms with Crippen LogP contribution in [-0.2, 0) is 0 Å². The molecule has 0 saturated heterocycles. The lowest BCUT2D eigenvalue weighted by Gasteiger charge is -1.98. The van der Waals surface area contributed by atoms with Crippen molar-refractivity contribution < 1.29 is 0 Å². The highest BCUT2D eigenvalue weighted by molar-refractivity contribution is 7.80. The lowest BCUT2D eigenvalue weighted by molar-refractivity contribution is 0.829. The topological polar surface area (TPSA) is 30.7 Å². The van der Waals surface area contributed by atoms with Crippen LogP contribution in [0, 0.1) is 6.92 Å². The van der Waals surface area contributed by atoms with Crippen molar-refractivity contribution in [2.45, 2.75) is 11.8 Å². The first-order valence-corrected chi connectivity index (χ1v) is 4.38. The Hall–Kier alpha value is -1.29. The van der Waals surface area contributed by atoms with Crippen LogP contribution in [0.5, 0.6) is 0 Å². The third-order valence-corrected chi connectivity index (χ3v) is 1.95. The first kappa shape index (κ1) is 8.31. The van der Waals surface area contributed by atoms with E-state index in [0.717, 1.165) is 16.4 Å². The summed E-state index contributed by atoms with van der Waals surface area (Å²) in [6, 6.07) is 5.72. The van der Waals surface area contributed by atoms with Crippen LogP contribution in [0.15, 0.2) is 35.5 Å². The van der Waals surface area contributed by atoms with Crippen molar-refractivity contribution in [2.24, 2.45) is 0 Å². The Kier molecular flexibility index (Phi) is 2.06. The molecule has 0 atom stereocenters. The summed E-state index contributed by atoms with van der Waals surface area (Å²) >= 11 is 4.16. The summed E-state index contributed by atoms with van der Waals surface area (Å²) in [6.07, 6.45) is 3.59. The van der Waals surface area contributed by atoms with Crippen molar-refractivity contribution >= 4 is 12.6 Å². The zero-order chi connectivity index (χ0) is 9.26. The second-order valence-corrected chi connectivity index (χ2v) is 3.29. The number of aromatic nitrogens is 3. The number of thiol groups is 1. The minimum atomic E-state index is 0.811. The van der Waals surface area contributed by atoms with E-state index in [1.807, 2.05) is 31.3 Å². The van der Waals surface area contributed by atoms with Crippen LogP contribution in [0.25, 0.3) is 5.82 Å². The number of nitrogens with zero attached hydrogens (tertiary/aromatic N) is 3. The van der Waals surface area contributed by atoms with E-state index in [-0.39, 0.29) is 0 Å². The quantitative estimate of drug-likeness (QED) is 0.697. The molecule has 3 nitrogen and oxygen atoms in total. The van der Waals surface area contributed by atoms with Gasteiger partial charge in [0.25, 0.3) is 0 Å². The van der Waals surface area contributed by atoms with Crippen LogP contribution < -0.4 is 0 Å². The maximum atomic E-state index is 4.24. The molecule has 13 heavy (non-hydrogen) atoms. The minimum Gasteiger partial charge on any atom is -0.236 e. The van der Waals surface area contributed by atoms with Gasteiger partial charge < -0.3 is 0 Å². The van der Waals surface area contributed by atoms with Crippen molar-refractivity contribution in [2.75, 3.05) is 0 Å². The minimum absolute atomic E-state index is 0.811. The van der Waals surface area contributed by atoms with Gasteiger partial charge in [0.1, 0.15) is 0 Å². The van der Waals surface area contributed by atoms with Gasteiger partial charge in [-0.3, -0.25) is 0 Å². The maximum Gasteiger partial charge on any atom is 0.153 e. The molecule has 2 heterocycles. The lowest BCUT2D eigenvalue weighted by Crippen LogP contribution is -1.97. The fraction of sp³-hybridized carbons (Fsp3) is 0.111. The average Bonchev–Trinajstić information content (AvgIpc) is 2.53. The highest BCUT2D eigenvalue weighted by Gasteiger charge is 1.97. The van der Waals surface area contributed by atoms with E-state index in [1.54, 1.807) is 10.9 Å². The van der Waals surface area contributed by atoms with Gasteiger partial charge in [0.2, 0.25) is 0 Å². The van der Waals surface area contributed by atoms with E-state index in [1.165, 1.54) is 0 Å². The van der Waals surface area contributed by atoms with Crippen molar-refractivity contribution in [3.8, 4) is 5.82 Å². The van der Waals surface area contributed by atoms with Crippen LogP contribution in [0.1, 0.15) is 5.69 Å². The molecule has 0 saturated carbocycles. The molecule has 66 valence electrons. The highest BCUT2D eigenvalue weighted by Crippen LogP contribution is 2.07. The predicted octanol–water partition coefficient (Wildman–Crippen LogP) is 1.86. The van der Waals surface area contributed by atoms with Gasteiger partial charge in [-0.05, 0) is 25.1 Å². The summed E-state index contributed by atoms with van der Waals surface area (Å²) in [5.74, 6) is 0.811. The third-order valence-electron chi connectivity index (χ3n) is 1.69. The first-order valence-electron chi connectivity index (χ1n) is 3.93. The van der Waals surface area contributed by atoms with Gasteiger partial charge in [-0.1, -0.05) is 0 Å². The van der Waals surface area contributed by atoms with Gasteiger partial charge >= 0.3 is 0 Å². The normalized spacial score (nSPS) is 10.3. The van der Waals surface area contributed by atoms with Crippen LogP contribution >= 0.6 is 12.6 Å². The lowest BCUT2D eigenvalue weighted by atomic mass is 10.4. The monoisotopic (exact) mass is 191 g/mol. The summed E-state index contributed by atoms with van der Waals surface area (Å²) in [5.41, 5.74) is 0.983. The smallest absolute Gasteiger partial charge is 0.153 e. The molecule has 2 aromatic heterocycles. The van der Waals surface area contributed by atoms with Gasteiger partial charge in [0.15, 0.2) is 5.82 Å². The van der Waals surface area contributed by atoms with Gasteiger partial charge in [0, 0.05) is 17.3 Å². The standard InChI is InChI=1S/C9H9N3S/c1-7-4-5-12(11-7)9-3-2-8(13)6-10-9/h2-6,13H,1H3. The largest absolute Gasteiger partial charge is 0.236 e. The van der Waals surface area contributed by atoms with E-state index >= 15 is 0 Å². The Morgan fingerprint density at radius 1 is 1.31 bits per heavy atom. The third kappa shape index (κ3) is 1.72. The molecule has 0 radical (unpaired) electrons. The number of hydrogen-bond donors (Lipinski definition) is 1. The van der Waals surface area contributed by atoms with Crippen LogP contribution in [0.2, 0.25) is 0 Å². The fourth-order valence-electron chi connectivity index (χ4n) is 1.06. The van der Waals surface area contributed by atoms with Crippen LogP contribution in [-0.4, -0.2) is 14.8 Å². The van der Waals surface area contributed by atoms with E-state index < -0.39 is 0 Å². The SMILES string of the molecule is Cc1ccn(-c2ccc(S)cn2)n1. The van der Waals surface area contributed by atoms with E-state index in [0.29, 0.717) is 0 Å². The van der Waals surface area contributed by atoms with Crippen molar-refractivity contribution in [1.29, 1.82) is 0 Å². The Balaban J connectivity index is 2.41. The molecule has 2 rings (SSSR count). The molecule has 0 N–H and O–H groups in total. The molecule has 0 amide bonds. The second-order valence-electron chi connectivity index (χ2n) is 2.78. The van der Waals surface area contributed by atoms with Crippen molar-refractivity contribution in [3.63, 3.8) is 0 Å². The van der Waals surface area contributed by atoms with Crippen LogP contribution in [0.4, 0.5) is 0 Å². The summed E-state index contributed by atoms with van der Waals surface area (Å²) in [4.78, 5) is 5.04. The Labute approximate surface area is 81.8 Å². The van der Waals surface area contributed by atoms with Gasteiger partial charge in [-0.15, -0.1) is 12.6 Å². The molecular weight excluding hydrogens is 182 g/mol. The molecule has 0 aliphatic rings. The molecular formula is C9H9N3S. The highest BCUT2D eigenvalue weighted by atomic mass is 32.1. The average molecular weight is 191 g/mol. The summed E-state index contributed by atoms with van der Waals surface area (Å²) < 4.78 is 1.74. The van der Waals surface area contributed by atoms with Crippen LogP contribution in [0.3, 0.4) is 0 Å². The molecule has 2 aromatic rings. The van der Waals surface area contributed by atoms with E-state index in [9.17, 15) is 0 Å². The molecule has 0 aliphatic heterocycles. The van der Waals surface area contributed by atoms with E-state index in [2.05, 4.69) is 22.7 Å². The van der Waals surface area contributed by atoms with Gasteiger partial charge in [0.05, 0.1) is 5.69 Å². The number of rotatable bonds is 1. The maximum absolute atomic E-state index is 4.24. The molecule has 0 bridgehead atoms. The first-order chi connectivity index (χ1) is 6.25. The molecule has 0 fully saturated rings. The molecule has 0 aliphatic carbocycles. The zero-order valence-electron chi connectivity index (χ0n) is 7.18.